The molecule has 1 unspecified atom stereocenters. The van der Waals surface area contributed by atoms with Crippen LogP contribution in [0.25, 0.3) is 0 Å². The summed E-state index contributed by atoms with van der Waals surface area (Å²) in [6.07, 6.45) is 18.6. The van der Waals surface area contributed by atoms with Crippen molar-refractivity contribution in [2.75, 3.05) is 7.05 Å². The van der Waals surface area contributed by atoms with Gasteiger partial charge in [0.15, 0.2) is 0 Å². The van der Waals surface area contributed by atoms with Crippen molar-refractivity contribution in [1.29, 1.82) is 0 Å². The van der Waals surface area contributed by atoms with Gasteiger partial charge in [-0.05, 0) is 19.5 Å². The lowest BCUT2D eigenvalue weighted by atomic mass is 10.0. The normalized spacial score (nSPS) is 12.5. The van der Waals surface area contributed by atoms with Crippen LogP contribution in [-0.4, -0.2) is 17.0 Å². The molecule has 0 saturated heterocycles. The van der Waals surface area contributed by atoms with Crippen molar-refractivity contribution in [3.63, 3.8) is 0 Å². The molecule has 120 valence electrons. The molecule has 0 bridgehead atoms. The number of nitrogens with one attached hydrogen (secondary N) is 1. The van der Waals surface area contributed by atoms with Gasteiger partial charge in [0.2, 0.25) is 0 Å². The summed E-state index contributed by atoms with van der Waals surface area (Å²) >= 11 is 0. The summed E-state index contributed by atoms with van der Waals surface area (Å²) in [4.78, 5) is 8.68. The van der Waals surface area contributed by atoms with Crippen LogP contribution >= 0.6 is 0 Å². The lowest BCUT2D eigenvalue weighted by Gasteiger charge is -2.14. The van der Waals surface area contributed by atoms with Gasteiger partial charge in [-0.3, -0.25) is 0 Å². The van der Waals surface area contributed by atoms with Crippen LogP contribution in [0.15, 0.2) is 18.5 Å². The van der Waals surface area contributed by atoms with Gasteiger partial charge >= 0.3 is 0 Å². The molecule has 0 aromatic carbocycles. The minimum absolute atomic E-state index is 0.306. The molecular formula is C18H33N3. The summed E-state index contributed by atoms with van der Waals surface area (Å²) in [6, 6.07) is 2.18. The highest BCUT2D eigenvalue weighted by Gasteiger charge is 2.10. The standard InChI is InChI=1S/C18H33N3/c1-3-4-5-6-7-8-9-10-11-12-14-17(19-2)18-20-15-13-16-21-18/h13,15-17,19H,3-12,14H2,1-2H3. The SMILES string of the molecule is CCCCCCCCCCCCC(NC)c1ncccn1. The fourth-order valence-corrected chi connectivity index (χ4v) is 2.73. The van der Waals surface area contributed by atoms with Crippen LogP contribution in [0.5, 0.6) is 0 Å². The van der Waals surface area contributed by atoms with Crippen molar-refractivity contribution in [1.82, 2.24) is 15.3 Å². The largest absolute Gasteiger partial charge is 0.310 e. The van der Waals surface area contributed by atoms with E-state index in [9.17, 15) is 0 Å². The first-order valence-electron chi connectivity index (χ1n) is 8.82. The molecule has 1 rings (SSSR count). The van der Waals surface area contributed by atoms with Gasteiger partial charge in [0.25, 0.3) is 0 Å². The first-order valence-corrected chi connectivity index (χ1v) is 8.82. The van der Waals surface area contributed by atoms with Crippen LogP contribution in [0, 0.1) is 0 Å². The summed E-state index contributed by atoms with van der Waals surface area (Å²) < 4.78 is 0. The molecule has 0 fully saturated rings. The molecule has 0 spiro atoms. The molecule has 1 aromatic rings. The molecule has 0 aliphatic rings. The second kappa shape index (κ2) is 12.8. The first kappa shape index (κ1) is 18.1. The van der Waals surface area contributed by atoms with Crippen LogP contribution in [0.3, 0.4) is 0 Å². The summed E-state index contributed by atoms with van der Waals surface area (Å²) in [6.45, 7) is 2.28. The number of hydrogen-bond acceptors (Lipinski definition) is 3. The average Bonchev–Trinajstić information content (AvgIpc) is 2.54. The molecule has 1 aromatic heterocycles. The third-order valence-electron chi connectivity index (χ3n) is 4.09. The van der Waals surface area contributed by atoms with E-state index in [1.54, 1.807) is 0 Å². The number of aromatic nitrogens is 2. The van der Waals surface area contributed by atoms with Gasteiger partial charge in [0.05, 0.1) is 6.04 Å². The van der Waals surface area contributed by atoms with Crippen LogP contribution in [0.2, 0.25) is 0 Å². The Balaban J connectivity index is 1.98. The Kier molecular flexibility index (Phi) is 11.0. The fraction of sp³-hybridized carbons (Fsp3) is 0.778. The Hall–Kier alpha value is -0.960. The number of nitrogens with zero attached hydrogens (tertiary/aromatic N) is 2. The van der Waals surface area contributed by atoms with E-state index in [1.807, 2.05) is 25.5 Å². The third kappa shape index (κ3) is 8.82. The smallest absolute Gasteiger partial charge is 0.145 e. The second-order valence-corrected chi connectivity index (χ2v) is 5.92. The Morgan fingerprint density at radius 1 is 0.857 bits per heavy atom. The maximum atomic E-state index is 4.34. The zero-order valence-corrected chi connectivity index (χ0v) is 14.0. The molecule has 1 heterocycles. The first-order chi connectivity index (χ1) is 10.4. The highest BCUT2D eigenvalue weighted by molar-refractivity contribution is 4.95. The highest BCUT2D eigenvalue weighted by Crippen LogP contribution is 2.17. The quantitative estimate of drug-likeness (QED) is 0.517. The summed E-state index contributed by atoms with van der Waals surface area (Å²) in [5.41, 5.74) is 0. The fourth-order valence-electron chi connectivity index (χ4n) is 2.73. The van der Waals surface area contributed by atoms with Crippen molar-refractivity contribution >= 4 is 0 Å². The molecule has 0 aliphatic carbocycles. The zero-order chi connectivity index (χ0) is 15.2. The van der Waals surface area contributed by atoms with Gasteiger partial charge < -0.3 is 5.32 Å². The number of unbranched alkanes of at least 4 members (excludes halogenated alkanes) is 9. The Morgan fingerprint density at radius 2 is 1.38 bits per heavy atom. The predicted octanol–water partition coefficient (Wildman–Crippen LogP) is 5.05. The van der Waals surface area contributed by atoms with Crippen molar-refractivity contribution < 1.29 is 0 Å². The molecule has 0 aliphatic heterocycles. The maximum Gasteiger partial charge on any atom is 0.145 e. The zero-order valence-electron chi connectivity index (χ0n) is 14.0. The van der Waals surface area contributed by atoms with Crippen molar-refractivity contribution in [3.8, 4) is 0 Å². The van der Waals surface area contributed by atoms with E-state index in [0.29, 0.717) is 6.04 Å². The van der Waals surface area contributed by atoms with Crippen molar-refractivity contribution in [2.24, 2.45) is 0 Å². The number of rotatable bonds is 13. The van der Waals surface area contributed by atoms with E-state index >= 15 is 0 Å². The molecule has 0 saturated carbocycles. The van der Waals surface area contributed by atoms with E-state index in [0.717, 1.165) is 12.2 Å². The molecule has 3 nitrogen and oxygen atoms in total. The second-order valence-electron chi connectivity index (χ2n) is 5.92. The van der Waals surface area contributed by atoms with Crippen molar-refractivity contribution in [3.05, 3.63) is 24.3 Å². The Morgan fingerprint density at radius 3 is 1.90 bits per heavy atom. The summed E-state index contributed by atoms with van der Waals surface area (Å²) in [5, 5.41) is 3.32. The minimum atomic E-state index is 0.306. The molecule has 0 amide bonds. The van der Waals surface area contributed by atoms with Crippen LogP contribution in [-0.2, 0) is 0 Å². The lowest BCUT2D eigenvalue weighted by molar-refractivity contribution is 0.476. The molecule has 21 heavy (non-hydrogen) atoms. The lowest BCUT2D eigenvalue weighted by Crippen LogP contribution is -2.18. The van der Waals surface area contributed by atoms with Gasteiger partial charge in [-0.2, -0.15) is 0 Å². The van der Waals surface area contributed by atoms with E-state index in [-0.39, 0.29) is 0 Å². The summed E-state index contributed by atoms with van der Waals surface area (Å²) in [5.74, 6) is 0.927. The van der Waals surface area contributed by atoms with Gasteiger partial charge in [-0.25, -0.2) is 9.97 Å². The van der Waals surface area contributed by atoms with E-state index in [1.165, 1.54) is 64.2 Å². The van der Waals surface area contributed by atoms with Crippen molar-refractivity contribution in [2.45, 2.75) is 83.6 Å². The topological polar surface area (TPSA) is 37.8 Å². The number of hydrogen-bond donors (Lipinski definition) is 1. The van der Waals surface area contributed by atoms with E-state index in [4.69, 9.17) is 0 Å². The maximum absolute atomic E-state index is 4.34. The van der Waals surface area contributed by atoms with Gasteiger partial charge in [0.1, 0.15) is 5.82 Å². The Labute approximate surface area is 131 Å². The van der Waals surface area contributed by atoms with E-state index < -0.39 is 0 Å². The summed E-state index contributed by atoms with van der Waals surface area (Å²) in [7, 11) is 2.00. The predicted molar refractivity (Wildman–Crippen MR) is 90.3 cm³/mol. The molecule has 0 radical (unpaired) electrons. The monoisotopic (exact) mass is 291 g/mol. The van der Waals surface area contributed by atoms with Gasteiger partial charge in [-0.15, -0.1) is 0 Å². The minimum Gasteiger partial charge on any atom is -0.310 e. The highest BCUT2D eigenvalue weighted by atomic mass is 15.0. The van der Waals surface area contributed by atoms with Crippen LogP contribution < -0.4 is 5.32 Å². The Bertz CT molecular complexity index is 326. The third-order valence-corrected chi connectivity index (χ3v) is 4.09. The average molecular weight is 291 g/mol. The van der Waals surface area contributed by atoms with Gasteiger partial charge in [-0.1, -0.05) is 71.1 Å². The van der Waals surface area contributed by atoms with Gasteiger partial charge in [0, 0.05) is 12.4 Å². The van der Waals surface area contributed by atoms with E-state index in [2.05, 4.69) is 22.2 Å². The molecule has 1 N–H and O–H groups in total. The molecule has 3 heteroatoms. The van der Waals surface area contributed by atoms with Crippen LogP contribution in [0.4, 0.5) is 0 Å². The van der Waals surface area contributed by atoms with Crippen LogP contribution in [0.1, 0.15) is 89.4 Å². The molecular weight excluding hydrogens is 258 g/mol. The molecule has 1 atom stereocenters.